The number of likely N-dealkylation sites (tertiary alicyclic amines) is 2. The molecular weight excluding hydrogens is 1920 g/mol. The minimum Gasteiger partial charge on any atom is -0.495 e. The molecule has 5 heterocycles. The van der Waals surface area contributed by atoms with Gasteiger partial charge in [0, 0.05) is 99.3 Å². The number of H-pyrrole nitrogens is 1. The van der Waals surface area contributed by atoms with E-state index in [9.17, 15) is 53.1 Å². The van der Waals surface area contributed by atoms with Gasteiger partial charge in [0.2, 0.25) is 23.6 Å². The molecule has 0 saturated carbocycles. The van der Waals surface area contributed by atoms with Gasteiger partial charge in [0.1, 0.15) is 47.0 Å². The molecule has 3 aliphatic heterocycles. The number of amides is 8. The zero-order valence-corrected chi connectivity index (χ0v) is 87.6. The average Bonchev–Trinajstić information content (AvgIpc) is 1.62. The second-order valence-corrected chi connectivity index (χ2v) is 38.0. The summed E-state index contributed by atoms with van der Waals surface area (Å²) in [4.78, 5) is 148. The number of carboxylic acids is 2. The fourth-order valence-electron chi connectivity index (χ4n) is 17.8. The summed E-state index contributed by atoms with van der Waals surface area (Å²) < 4.78 is 110. The van der Waals surface area contributed by atoms with Crippen LogP contribution in [0.5, 0.6) is 5.75 Å². The van der Waals surface area contributed by atoms with E-state index in [2.05, 4.69) is 72.3 Å². The quantitative estimate of drug-likeness (QED) is 0.0138. The Hall–Kier alpha value is -10.7. The van der Waals surface area contributed by atoms with E-state index in [1.807, 2.05) is 11.0 Å². The van der Waals surface area contributed by atoms with Gasteiger partial charge in [-0.05, 0) is 175 Å². The molecule has 9 rings (SSSR count). The Bertz CT molecular complexity index is 5020. The number of aromatic amines is 1. The molecule has 2 atom stereocenters. The largest absolute Gasteiger partial charge is 0.495 e. The lowest BCUT2D eigenvalue weighted by molar-refractivity contribution is -0.160. The highest BCUT2D eigenvalue weighted by atomic mass is 19.1. The maximum absolute atomic E-state index is 16.0. The van der Waals surface area contributed by atoms with Crippen LogP contribution in [0.2, 0.25) is 0 Å². The van der Waals surface area contributed by atoms with Crippen LogP contribution in [0, 0.1) is 24.0 Å². The van der Waals surface area contributed by atoms with Gasteiger partial charge in [-0.3, -0.25) is 43.8 Å². The summed E-state index contributed by atoms with van der Waals surface area (Å²) in [5, 5.41) is 30.1. The van der Waals surface area contributed by atoms with Crippen LogP contribution < -0.4 is 30.9 Å². The number of imide groups is 1. The zero-order chi connectivity index (χ0) is 106. The van der Waals surface area contributed by atoms with Crippen molar-refractivity contribution in [3.05, 3.63) is 125 Å². The molecule has 820 valence electrons. The molecule has 0 aliphatic carbocycles. The third-order valence-electron chi connectivity index (χ3n) is 26.6. The molecule has 4 aromatic carbocycles. The van der Waals surface area contributed by atoms with Crippen molar-refractivity contribution in [1.82, 2.24) is 45.6 Å². The van der Waals surface area contributed by atoms with Crippen LogP contribution in [0.3, 0.4) is 0 Å². The first kappa shape index (κ1) is 121. The number of aliphatic carboxylic acids is 2. The van der Waals surface area contributed by atoms with Gasteiger partial charge in [-0.25, -0.2) is 33.1 Å². The van der Waals surface area contributed by atoms with Crippen molar-refractivity contribution in [3.8, 4) is 28.3 Å². The van der Waals surface area contributed by atoms with E-state index in [1.54, 1.807) is 39.0 Å². The lowest BCUT2D eigenvalue weighted by Crippen LogP contribution is -2.50. The molecule has 1 unspecified atom stereocenters. The second kappa shape index (κ2) is 68.2. The molecule has 7 N–H and O–H groups in total. The van der Waals surface area contributed by atoms with Crippen LogP contribution in [0.1, 0.15) is 232 Å². The number of aromatic nitrogens is 3. The smallest absolute Gasteiger partial charge is 0.329 e. The Kier molecular flexibility index (Phi) is 55.7. The number of halogens is 2. The number of urea groups is 1. The van der Waals surface area contributed by atoms with Crippen LogP contribution in [-0.4, -0.2) is 329 Å². The van der Waals surface area contributed by atoms with Gasteiger partial charge < -0.3 is 112 Å². The van der Waals surface area contributed by atoms with Gasteiger partial charge in [-0.2, -0.15) is 0 Å². The number of rotatable bonds is 78. The van der Waals surface area contributed by atoms with Crippen LogP contribution in [-0.2, 0) is 107 Å². The Morgan fingerprint density at radius 1 is 0.568 bits per heavy atom. The molecule has 6 aromatic rings. The molecule has 39 heteroatoms. The predicted octanol–water partition coefficient (Wildman–Crippen LogP) is 14.3. The molecule has 2 aromatic heterocycles. The molecule has 3 fully saturated rings. The third-order valence-corrected chi connectivity index (χ3v) is 26.6. The van der Waals surface area contributed by atoms with E-state index >= 15 is 8.78 Å². The van der Waals surface area contributed by atoms with E-state index in [4.69, 9.17) is 71.4 Å². The molecule has 0 radical (unpaired) electrons. The average molecular weight is 2080 g/mol. The van der Waals surface area contributed by atoms with Gasteiger partial charge in [-0.15, -0.1) is 0 Å². The fourth-order valence-corrected chi connectivity index (χ4v) is 17.8. The number of carbonyl (C=O) groups is 10. The molecule has 3 aliphatic rings. The Balaban J connectivity index is 0.517. The Morgan fingerprint density at radius 3 is 1.63 bits per heavy atom. The summed E-state index contributed by atoms with van der Waals surface area (Å²) in [5.74, 6) is -6.07. The predicted molar refractivity (Wildman–Crippen MR) is 552 cm³/mol. The van der Waals surface area contributed by atoms with Crippen molar-refractivity contribution in [2.75, 3.05) is 228 Å². The normalized spacial score (nSPS) is 14.3. The Labute approximate surface area is 868 Å². The number of piperidine rings is 2. The molecule has 0 bridgehead atoms. The molecule has 37 nitrogen and oxygen atoms in total. The van der Waals surface area contributed by atoms with E-state index in [0.717, 1.165) is 126 Å². The van der Waals surface area contributed by atoms with Crippen molar-refractivity contribution in [2.45, 2.75) is 226 Å². The topological polar surface area (TPSA) is 443 Å². The lowest BCUT2D eigenvalue weighted by atomic mass is 9.71. The highest BCUT2D eigenvalue weighted by molar-refractivity contribution is 6.08. The summed E-state index contributed by atoms with van der Waals surface area (Å²) in [6, 6.07) is 18.9. The SMILES string of the molecule is CCCCCCCCCCCN(C(=O)CCCCCCCCCC(=O)O)C(CCC(=O)NCCOCCOCCOCCOCCOCCOCCOCCOCCOCCOCCOCCOCCC(=O)N[C@H](C)C(=O)OC(C)(C)c1ccc(C(=O)Nc2cc(F)cc(-c3ncnc4[nH]c(-c5ccc(CCN6CCC7(CC6)CCN(C(=O)c6ccc(OC)c(N8CCC(=O)NC8=O)c6)CC7)cc5)cc34)c2C)c(F)c1)C(=O)O. The number of hydrogen-bond donors (Lipinski definition) is 7. The number of ether oxygens (including phenoxy) is 14. The van der Waals surface area contributed by atoms with E-state index < -0.39 is 65.1 Å². The summed E-state index contributed by atoms with van der Waals surface area (Å²) in [6.45, 7) is 21.9. The van der Waals surface area contributed by atoms with Gasteiger partial charge in [0.15, 0.2) is 0 Å². The first-order valence-corrected chi connectivity index (χ1v) is 52.9. The van der Waals surface area contributed by atoms with Crippen molar-refractivity contribution in [2.24, 2.45) is 5.41 Å². The molecule has 1 spiro atoms. The van der Waals surface area contributed by atoms with Crippen molar-refractivity contribution < 1.29 is 133 Å². The number of nitrogens with zero attached hydrogens (tertiary/aromatic N) is 6. The van der Waals surface area contributed by atoms with E-state index in [0.29, 0.717) is 216 Å². The summed E-state index contributed by atoms with van der Waals surface area (Å²) >= 11 is 0. The third kappa shape index (κ3) is 43.7. The van der Waals surface area contributed by atoms with Gasteiger partial charge in [0.05, 0.1) is 183 Å². The van der Waals surface area contributed by atoms with E-state index in [1.165, 1.54) is 86.0 Å². The Morgan fingerprint density at radius 2 is 1.09 bits per heavy atom. The number of fused-ring (bicyclic) bond motifs is 1. The number of benzene rings is 4. The van der Waals surface area contributed by atoms with Crippen molar-refractivity contribution in [1.29, 1.82) is 0 Å². The highest BCUT2D eigenvalue weighted by Crippen LogP contribution is 2.43. The second-order valence-electron chi connectivity index (χ2n) is 38.0. The van der Waals surface area contributed by atoms with Crippen LogP contribution in [0.15, 0.2) is 85.2 Å². The van der Waals surface area contributed by atoms with Gasteiger partial charge in [0.25, 0.3) is 11.8 Å². The minimum absolute atomic E-state index is 0.0158. The number of unbranched alkanes of at least 4 members (excludes halogenated alkanes) is 14. The standard InChI is InChI=1S/C109H159F2N11O26/c1-7-8-9-10-11-12-16-19-22-43-121(99(126)23-20-17-14-13-15-18-21-24-100(127)128)93(105(131)132)32-34-96(123)112-42-51-137-53-55-139-57-59-141-61-63-143-65-67-145-69-71-147-73-72-146-70-68-144-66-64-142-62-60-140-58-56-138-54-52-136-50-37-98(125)115-81(3)106(133)148-108(4,5)85-30-31-87(90(111)75-85)103(129)117-91-77-86(110)76-88(80(91)2)101-89-78-92(116-102(89)114-79-113-101)83-27-25-82(26-28-83)35-44-119-46-38-109(39-47-119)40-48-120(49-41-109)104(130)84-29-33-95(135-6)94(74-84)122-45-36-97(124)118-107(122)134/h25-31,33,74-79,81,93H,7-24,32,34-73H2,1-6H3,(H,112,123)(H,115,125)(H,117,129)(H,127,128)(H,131,132)(H,113,114,116)(H,118,124,134)/t81-,93?/m1/s1. The molecular formula is C109H159F2N11O26. The molecule has 3 saturated heterocycles. The number of methoxy groups -OCH3 is 1. The van der Waals surface area contributed by atoms with Crippen molar-refractivity contribution >= 4 is 81.8 Å². The van der Waals surface area contributed by atoms with Crippen molar-refractivity contribution in [3.63, 3.8) is 0 Å². The minimum atomic E-state index is -1.41. The number of carboxylic acid groups (broad SMARTS) is 2. The highest BCUT2D eigenvalue weighted by Gasteiger charge is 2.40. The first-order valence-electron chi connectivity index (χ1n) is 52.9. The maximum atomic E-state index is 16.0. The zero-order valence-electron chi connectivity index (χ0n) is 87.6. The number of esters is 1. The number of anilines is 2. The van der Waals surface area contributed by atoms with Crippen LogP contribution in [0.25, 0.3) is 33.5 Å². The van der Waals surface area contributed by atoms with Gasteiger partial charge in [-0.1, -0.05) is 121 Å². The summed E-state index contributed by atoms with van der Waals surface area (Å²) in [5.41, 5.74) is 4.29. The van der Waals surface area contributed by atoms with E-state index in [-0.39, 0.29) is 124 Å². The summed E-state index contributed by atoms with van der Waals surface area (Å²) in [7, 11) is 1.50. The maximum Gasteiger partial charge on any atom is 0.329 e. The molecule has 148 heavy (non-hydrogen) atoms. The number of hydrogen-bond acceptors (Lipinski definition) is 27. The summed E-state index contributed by atoms with van der Waals surface area (Å²) in [6.07, 6.45) is 22.4. The lowest BCUT2D eigenvalue weighted by Gasteiger charge is -2.47. The van der Waals surface area contributed by atoms with Crippen LogP contribution in [0.4, 0.5) is 25.0 Å². The molecule has 8 amide bonds. The monoisotopic (exact) mass is 2080 g/mol. The van der Waals surface area contributed by atoms with Gasteiger partial charge >= 0.3 is 23.9 Å². The van der Waals surface area contributed by atoms with Crippen LogP contribution >= 0.6 is 0 Å². The first-order chi connectivity index (χ1) is 71.7. The number of carbonyl (C=O) groups excluding carboxylic acids is 8. The fraction of sp³-hybridized carbons (Fsp3) is 0.633. The number of nitrogens with one attached hydrogen (secondary N) is 5.